The van der Waals surface area contributed by atoms with Crippen LogP contribution in [0.2, 0.25) is 0 Å². The quantitative estimate of drug-likeness (QED) is 0.0580. The summed E-state index contributed by atoms with van der Waals surface area (Å²) in [5.41, 5.74) is 0. The van der Waals surface area contributed by atoms with Crippen molar-refractivity contribution in [1.82, 2.24) is 0 Å². The van der Waals surface area contributed by atoms with E-state index in [1.165, 1.54) is 70.6 Å². The maximum atomic E-state index is 12.1. The highest BCUT2D eigenvalue weighted by atomic mass is 16.6. The molecule has 1 heterocycles. The first-order valence-electron chi connectivity index (χ1n) is 28.6. The third-order valence-corrected chi connectivity index (χ3v) is 11.5. The smallest absolute Gasteiger partial charge is 0.305 e. The standard InChI is InChI=1S/C54H106O22/c1-2-3-4-5-6-7-8-9-10-11-12-13-14-15-52(58)74-46-42-69-36-32-65-28-29-66-38-39-71-48-50(72-44-40-67-34-30-62-25-22-59-19-16-55)54-53(75-47-43-70-37-33-64-27-24-61-21-18-57)51(49-76-54)73-45-41-68-35-31-63-26-23-60-20-17-56/h50-51,53-57H,2-49H2,1H3/t50-,51+,53-,54-/m1/s1. The second-order valence-corrected chi connectivity index (χ2v) is 17.8. The van der Waals surface area contributed by atoms with Gasteiger partial charge in [0.1, 0.15) is 31.0 Å². The lowest BCUT2D eigenvalue weighted by molar-refractivity contribution is -0.145. The summed E-state index contributed by atoms with van der Waals surface area (Å²) in [6.07, 6.45) is 14.9. The summed E-state index contributed by atoms with van der Waals surface area (Å²) in [7, 11) is 0. The molecule has 1 aliphatic heterocycles. The molecule has 454 valence electrons. The van der Waals surface area contributed by atoms with Gasteiger partial charge in [-0.3, -0.25) is 4.79 Å². The molecule has 1 rings (SSSR count). The lowest BCUT2D eigenvalue weighted by Gasteiger charge is -2.29. The Balaban J connectivity index is 2.46. The fourth-order valence-electron chi connectivity index (χ4n) is 7.52. The molecule has 0 spiro atoms. The van der Waals surface area contributed by atoms with Crippen molar-refractivity contribution in [2.24, 2.45) is 0 Å². The Bertz CT molecular complexity index is 1140. The molecule has 0 amide bonds. The van der Waals surface area contributed by atoms with Crippen LogP contribution in [0.1, 0.15) is 96.8 Å². The Morgan fingerprint density at radius 2 is 0.724 bits per heavy atom. The number of rotatable bonds is 65. The maximum Gasteiger partial charge on any atom is 0.305 e. The molecule has 22 heteroatoms. The van der Waals surface area contributed by atoms with Gasteiger partial charge in [-0.05, 0) is 6.42 Å². The number of carbonyl (C=O) groups excluding carboxylic acids is 1. The first kappa shape index (κ1) is 72.7. The SMILES string of the molecule is CCCCCCCCCCCCCCCC(=O)OCCOCCOCCOCCOC[C@@H](OCCOCCOCCOCCO)[C@H]1OC[C@H](OCCOCCOCCOCCO)[C@H]1OCCOCCOCCOCCO. The van der Waals surface area contributed by atoms with Gasteiger partial charge in [0.05, 0.1) is 218 Å². The van der Waals surface area contributed by atoms with E-state index in [9.17, 15) is 4.79 Å². The van der Waals surface area contributed by atoms with E-state index in [1.54, 1.807) is 0 Å². The molecule has 0 radical (unpaired) electrons. The average molecular weight is 1110 g/mol. The van der Waals surface area contributed by atoms with Gasteiger partial charge in [0.2, 0.25) is 0 Å². The molecular weight excluding hydrogens is 1000 g/mol. The van der Waals surface area contributed by atoms with Crippen LogP contribution in [0, 0.1) is 0 Å². The van der Waals surface area contributed by atoms with Gasteiger partial charge in [-0.15, -0.1) is 0 Å². The first-order chi connectivity index (χ1) is 37.7. The molecule has 0 saturated carbocycles. The number of unbranched alkanes of at least 4 members (excludes halogenated alkanes) is 12. The maximum absolute atomic E-state index is 12.1. The highest BCUT2D eigenvalue weighted by Gasteiger charge is 2.44. The van der Waals surface area contributed by atoms with Crippen LogP contribution in [-0.4, -0.2) is 270 Å². The monoisotopic (exact) mass is 1110 g/mol. The summed E-state index contributed by atoms with van der Waals surface area (Å²) in [6, 6.07) is 0. The average Bonchev–Trinajstić information content (AvgIpc) is 3.83. The molecule has 0 unspecified atom stereocenters. The second kappa shape index (κ2) is 61.3. The molecule has 0 aromatic rings. The van der Waals surface area contributed by atoms with Crippen molar-refractivity contribution in [2.75, 3.05) is 225 Å². The zero-order valence-corrected chi connectivity index (χ0v) is 46.8. The van der Waals surface area contributed by atoms with Gasteiger partial charge in [0, 0.05) is 6.42 Å². The molecule has 1 aliphatic rings. The molecule has 0 aromatic carbocycles. The summed E-state index contributed by atoms with van der Waals surface area (Å²) in [4.78, 5) is 12.1. The molecule has 76 heavy (non-hydrogen) atoms. The van der Waals surface area contributed by atoms with Gasteiger partial charge in [0.25, 0.3) is 0 Å². The zero-order valence-electron chi connectivity index (χ0n) is 46.8. The highest BCUT2D eigenvalue weighted by molar-refractivity contribution is 5.69. The van der Waals surface area contributed by atoms with Crippen LogP contribution in [0.15, 0.2) is 0 Å². The van der Waals surface area contributed by atoms with Gasteiger partial charge in [-0.1, -0.05) is 84.0 Å². The fraction of sp³-hybridized carbons (Fsp3) is 0.981. The van der Waals surface area contributed by atoms with Crippen LogP contribution in [0.4, 0.5) is 0 Å². The predicted octanol–water partition coefficient (Wildman–Crippen LogP) is 3.76. The second-order valence-electron chi connectivity index (χ2n) is 17.8. The number of carbonyl (C=O) groups is 1. The van der Waals surface area contributed by atoms with Crippen molar-refractivity contribution in [3.8, 4) is 0 Å². The molecule has 0 aromatic heterocycles. The van der Waals surface area contributed by atoms with Crippen LogP contribution < -0.4 is 0 Å². The Morgan fingerprint density at radius 3 is 1.13 bits per heavy atom. The van der Waals surface area contributed by atoms with E-state index in [0.29, 0.717) is 158 Å². The van der Waals surface area contributed by atoms with Crippen LogP contribution >= 0.6 is 0 Å². The normalized spacial score (nSPS) is 16.1. The van der Waals surface area contributed by atoms with E-state index in [4.69, 9.17) is 101 Å². The Kier molecular flexibility index (Phi) is 58.6. The third-order valence-electron chi connectivity index (χ3n) is 11.5. The Labute approximate surface area is 456 Å². The van der Waals surface area contributed by atoms with E-state index in [-0.39, 0.29) is 78.6 Å². The highest BCUT2D eigenvalue weighted by Crippen LogP contribution is 2.25. The first-order valence-corrected chi connectivity index (χ1v) is 28.6. The Hall–Kier alpha value is -1.33. The van der Waals surface area contributed by atoms with Gasteiger partial charge < -0.3 is 101 Å². The minimum absolute atomic E-state index is 0.0252. The van der Waals surface area contributed by atoms with Crippen molar-refractivity contribution in [3.63, 3.8) is 0 Å². The number of hydrogen-bond donors (Lipinski definition) is 3. The largest absolute Gasteiger partial charge is 0.463 e. The van der Waals surface area contributed by atoms with Crippen LogP contribution in [0.3, 0.4) is 0 Å². The van der Waals surface area contributed by atoms with Crippen molar-refractivity contribution in [3.05, 3.63) is 0 Å². The van der Waals surface area contributed by atoms with Crippen molar-refractivity contribution in [1.29, 1.82) is 0 Å². The molecule has 1 fully saturated rings. The van der Waals surface area contributed by atoms with E-state index < -0.39 is 24.4 Å². The lowest BCUT2D eigenvalue weighted by atomic mass is 10.0. The van der Waals surface area contributed by atoms with Gasteiger partial charge in [-0.25, -0.2) is 0 Å². The molecule has 0 bridgehead atoms. The van der Waals surface area contributed by atoms with Crippen LogP contribution in [0.5, 0.6) is 0 Å². The molecule has 3 N–H and O–H groups in total. The summed E-state index contributed by atoms with van der Waals surface area (Å²) in [5.74, 6) is -0.164. The van der Waals surface area contributed by atoms with Crippen molar-refractivity contribution in [2.45, 2.75) is 121 Å². The minimum atomic E-state index is -0.547. The molecule has 0 aliphatic carbocycles. The fourth-order valence-corrected chi connectivity index (χ4v) is 7.52. The molecule has 22 nitrogen and oxygen atoms in total. The van der Waals surface area contributed by atoms with E-state index in [2.05, 4.69) is 6.92 Å². The van der Waals surface area contributed by atoms with Crippen molar-refractivity contribution >= 4 is 5.97 Å². The number of hydrogen-bond acceptors (Lipinski definition) is 22. The lowest BCUT2D eigenvalue weighted by Crippen LogP contribution is -2.46. The number of aliphatic hydroxyl groups is 3. The molecule has 1 saturated heterocycles. The summed E-state index contributed by atoms with van der Waals surface area (Å²) >= 11 is 0. The van der Waals surface area contributed by atoms with E-state index in [1.807, 2.05) is 0 Å². The number of aliphatic hydroxyl groups excluding tert-OH is 3. The Morgan fingerprint density at radius 1 is 0.395 bits per heavy atom. The van der Waals surface area contributed by atoms with Crippen LogP contribution in [-0.2, 0) is 90.1 Å². The van der Waals surface area contributed by atoms with Crippen molar-refractivity contribution < 1.29 is 105 Å². The number of ether oxygens (including phenoxy) is 18. The third kappa shape index (κ3) is 49.7. The van der Waals surface area contributed by atoms with Gasteiger partial charge in [0.15, 0.2) is 0 Å². The van der Waals surface area contributed by atoms with Gasteiger partial charge >= 0.3 is 5.97 Å². The van der Waals surface area contributed by atoms with E-state index in [0.717, 1.165) is 12.8 Å². The number of esters is 1. The van der Waals surface area contributed by atoms with E-state index >= 15 is 0 Å². The molecule has 4 atom stereocenters. The van der Waals surface area contributed by atoms with Gasteiger partial charge in [-0.2, -0.15) is 0 Å². The minimum Gasteiger partial charge on any atom is -0.463 e. The van der Waals surface area contributed by atoms with Crippen LogP contribution in [0.25, 0.3) is 0 Å². The topological polar surface area (TPSA) is 244 Å². The zero-order chi connectivity index (χ0) is 54.6. The summed E-state index contributed by atoms with van der Waals surface area (Å²) in [6.45, 7) is 12.7. The predicted molar refractivity (Wildman–Crippen MR) is 282 cm³/mol. The summed E-state index contributed by atoms with van der Waals surface area (Å²) in [5, 5.41) is 26.5. The molecular formula is C54H106O22. The summed E-state index contributed by atoms with van der Waals surface area (Å²) < 4.78 is 103.